The van der Waals surface area contributed by atoms with E-state index in [0.29, 0.717) is 23.7 Å². The number of anilines is 1. The summed E-state index contributed by atoms with van der Waals surface area (Å²) in [6.07, 6.45) is 5.20. The molecule has 8 heteroatoms. The lowest BCUT2D eigenvalue weighted by Gasteiger charge is -2.30. The summed E-state index contributed by atoms with van der Waals surface area (Å²) in [4.78, 5) is 15.6. The number of hydrogen-bond acceptors (Lipinski definition) is 4. The van der Waals surface area contributed by atoms with Gasteiger partial charge in [-0.05, 0) is 67.7 Å². The van der Waals surface area contributed by atoms with E-state index in [1.165, 1.54) is 29.1 Å². The lowest BCUT2D eigenvalue weighted by atomic mass is 10.0. The quantitative estimate of drug-likeness (QED) is 0.588. The molecular formula is C24H32ClN3O3S. The van der Waals surface area contributed by atoms with Crippen LogP contribution in [-0.2, 0) is 27.9 Å². The molecular weight excluding hydrogens is 446 g/mol. The minimum absolute atomic E-state index is 0.319. The summed E-state index contributed by atoms with van der Waals surface area (Å²) in [6, 6.07) is 13.7. The highest BCUT2D eigenvalue weighted by atomic mass is 35.5. The van der Waals surface area contributed by atoms with Crippen LogP contribution >= 0.6 is 11.6 Å². The molecule has 1 saturated heterocycles. The van der Waals surface area contributed by atoms with Gasteiger partial charge in [0.1, 0.15) is 6.04 Å². The number of sulfonamides is 1. The molecule has 32 heavy (non-hydrogen) atoms. The van der Waals surface area contributed by atoms with Crippen molar-refractivity contribution in [2.75, 3.05) is 23.7 Å². The Bertz CT molecular complexity index is 1010. The van der Waals surface area contributed by atoms with Gasteiger partial charge in [-0.25, -0.2) is 8.42 Å². The summed E-state index contributed by atoms with van der Waals surface area (Å²) in [5.74, 6) is -0.319. The second kappa shape index (κ2) is 11.2. The Balaban J connectivity index is 1.74. The molecule has 0 saturated carbocycles. The molecule has 0 bridgehead atoms. The van der Waals surface area contributed by atoms with Gasteiger partial charge < -0.3 is 5.32 Å². The molecule has 174 valence electrons. The molecule has 2 aromatic rings. The number of carbonyl (C=O) groups is 1. The molecule has 0 unspecified atom stereocenters. The lowest BCUT2D eigenvalue weighted by molar-refractivity contribution is -0.122. The minimum atomic E-state index is -3.67. The van der Waals surface area contributed by atoms with Gasteiger partial charge in [-0.3, -0.25) is 14.0 Å². The van der Waals surface area contributed by atoms with E-state index < -0.39 is 16.1 Å². The maximum absolute atomic E-state index is 13.1. The highest BCUT2D eigenvalue weighted by Crippen LogP contribution is 2.24. The third-order valence-electron chi connectivity index (χ3n) is 5.82. The standard InChI is InChI=1S/C24H32ClN3O3S/c1-3-23(28(32(2,30)31)22-13-11-21(25)12-14-22)24(29)26-17-19-9-5-6-10-20(19)18-27-15-7-4-8-16-27/h5-6,9-14,23H,3-4,7-8,15-18H2,1-2H3,(H,26,29)/t23-/m0/s1. The van der Waals surface area contributed by atoms with Crippen LogP contribution < -0.4 is 9.62 Å². The van der Waals surface area contributed by atoms with E-state index in [2.05, 4.69) is 16.3 Å². The zero-order valence-electron chi connectivity index (χ0n) is 18.8. The summed E-state index contributed by atoms with van der Waals surface area (Å²) in [7, 11) is -3.67. The van der Waals surface area contributed by atoms with Gasteiger partial charge in [0.05, 0.1) is 11.9 Å². The zero-order chi connectivity index (χ0) is 23.1. The van der Waals surface area contributed by atoms with Crippen LogP contribution in [0.4, 0.5) is 5.69 Å². The molecule has 0 aliphatic carbocycles. The van der Waals surface area contributed by atoms with Crippen molar-refractivity contribution in [2.45, 2.75) is 51.7 Å². The van der Waals surface area contributed by atoms with E-state index in [-0.39, 0.29) is 5.91 Å². The summed E-state index contributed by atoms with van der Waals surface area (Å²) >= 11 is 5.96. The van der Waals surface area contributed by atoms with E-state index >= 15 is 0 Å². The molecule has 1 atom stereocenters. The summed E-state index contributed by atoms with van der Waals surface area (Å²) in [5, 5.41) is 3.48. The summed E-state index contributed by atoms with van der Waals surface area (Å²) in [5.41, 5.74) is 2.67. The summed E-state index contributed by atoms with van der Waals surface area (Å²) in [6.45, 7) is 5.23. The second-order valence-corrected chi connectivity index (χ2v) is 10.6. The first-order chi connectivity index (χ1) is 15.3. The number of nitrogens with one attached hydrogen (secondary N) is 1. The highest BCUT2D eigenvalue weighted by molar-refractivity contribution is 7.92. The largest absolute Gasteiger partial charge is 0.350 e. The van der Waals surface area contributed by atoms with Crippen molar-refractivity contribution in [1.82, 2.24) is 10.2 Å². The fourth-order valence-electron chi connectivity index (χ4n) is 4.19. The molecule has 0 radical (unpaired) electrons. The van der Waals surface area contributed by atoms with Crippen LogP contribution in [0.2, 0.25) is 5.02 Å². The molecule has 1 N–H and O–H groups in total. The van der Waals surface area contributed by atoms with Crippen LogP contribution in [0.15, 0.2) is 48.5 Å². The Morgan fingerprint density at radius 3 is 2.28 bits per heavy atom. The lowest BCUT2D eigenvalue weighted by Crippen LogP contribution is -2.49. The molecule has 0 aromatic heterocycles. The van der Waals surface area contributed by atoms with Crippen molar-refractivity contribution in [3.05, 3.63) is 64.7 Å². The van der Waals surface area contributed by atoms with Crippen LogP contribution in [0.1, 0.15) is 43.7 Å². The predicted molar refractivity (Wildman–Crippen MR) is 130 cm³/mol. The van der Waals surface area contributed by atoms with Crippen LogP contribution in [0.3, 0.4) is 0 Å². The number of benzene rings is 2. The molecule has 1 aliphatic heterocycles. The molecule has 2 aromatic carbocycles. The van der Waals surface area contributed by atoms with Crippen LogP contribution in [-0.4, -0.2) is 44.6 Å². The van der Waals surface area contributed by atoms with E-state index in [4.69, 9.17) is 11.6 Å². The van der Waals surface area contributed by atoms with Crippen molar-refractivity contribution < 1.29 is 13.2 Å². The van der Waals surface area contributed by atoms with Crippen LogP contribution in [0.25, 0.3) is 0 Å². The number of amides is 1. The number of hydrogen-bond donors (Lipinski definition) is 1. The topological polar surface area (TPSA) is 69.7 Å². The van der Waals surface area contributed by atoms with Crippen molar-refractivity contribution in [3.63, 3.8) is 0 Å². The smallest absolute Gasteiger partial charge is 0.244 e. The van der Waals surface area contributed by atoms with Gasteiger partial charge in [0.25, 0.3) is 0 Å². The van der Waals surface area contributed by atoms with Gasteiger partial charge in [-0.1, -0.05) is 49.2 Å². The average Bonchev–Trinajstić information content (AvgIpc) is 2.77. The summed E-state index contributed by atoms with van der Waals surface area (Å²) < 4.78 is 26.3. The molecule has 1 amide bonds. The van der Waals surface area contributed by atoms with Crippen molar-refractivity contribution >= 4 is 33.2 Å². The molecule has 6 nitrogen and oxygen atoms in total. The first kappa shape index (κ1) is 24.6. The van der Waals surface area contributed by atoms with Crippen LogP contribution in [0, 0.1) is 0 Å². The molecule has 3 rings (SSSR count). The number of likely N-dealkylation sites (tertiary alicyclic amines) is 1. The van der Waals surface area contributed by atoms with Gasteiger partial charge in [0.2, 0.25) is 15.9 Å². The van der Waals surface area contributed by atoms with Gasteiger partial charge in [-0.2, -0.15) is 0 Å². The van der Waals surface area contributed by atoms with E-state index in [0.717, 1.165) is 31.5 Å². The number of carbonyl (C=O) groups excluding carboxylic acids is 1. The minimum Gasteiger partial charge on any atom is -0.350 e. The Morgan fingerprint density at radius 1 is 1.06 bits per heavy atom. The van der Waals surface area contributed by atoms with Crippen molar-refractivity contribution in [2.24, 2.45) is 0 Å². The Kier molecular flexibility index (Phi) is 8.57. The molecule has 1 aliphatic rings. The van der Waals surface area contributed by atoms with Crippen molar-refractivity contribution in [3.8, 4) is 0 Å². The van der Waals surface area contributed by atoms with Crippen LogP contribution in [0.5, 0.6) is 0 Å². The number of nitrogens with zero attached hydrogens (tertiary/aromatic N) is 2. The Labute approximate surface area is 196 Å². The Morgan fingerprint density at radius 2 is 1.69 bits per heavy atom. The monoisotopic (exact) mass is 477 g/mol. The maximum Gasteiger partial charge on any atom is 0.244 e. The Hall–Kier alpha value is -2.09. The molecule has 1 heterocycles. The van der Waals surface area contributed by atoms with Gasteiger partial charge >= 0.3 is 0 Å². The number of piperidine rings is 1. The predicted octanol–water partition coefficient (Wildman–Crippen LogP) is 4.19. The third-order valence-corrected chi connectivity index (χ3v) is 7.26. The van der Waals surface area contributed by atoms with Gasteiger partial charge in [0.15, 0.2) is 0 Å². The average molecular weight is 478 g/mol. The van der Waals surface area contributed by atoms with E-state index in [1.807, 2.05) is 25.1 Å². The normalized spacial score (nSPS) is 15.8. The third kappa shape index (κ3) is 6.47. The van der Waals surface area contributed by atoms with Gasteiger partial charge in [0, 0.05) is 18.1 Å². The van der Waals surface area contributed by atoms with E-state index in [9.17, 15) is 13.2 Å². The molecule has 1 fully saturated rings. The number of rotatable bonds is 9. The molecule has 0 spiro atoms. The highest BCUT2D eigenvalue weighted by Gasteiger charge is 2.31. The first-order valence-electron chi connectivity index (χ1n) is 11.1. The second-order valence-electron chi connectivity index (χ2n) is 8.28. The van der Waals surface area contributed by atoms with E-state index in [1.54, 1.807) is 24.3 Å². The fourth-order valence-corrected chi connectivity index (χ4v) is 5.53. The zero-order valence-corrected chi connectivity index (χ0v) is 20.3. The SMILES string of the molecule is CC[C@@H](C(=O)NCc1ccccc1CN1CCCCC1)N(c1ccc(Cl)cc1)S(C)(=O)=O. The fraction of sp³-hybridized carbons (Fsp3) is 0.458. The van der Waals surface area contributed by atoms with Gasteiger partial charge in [-0.15, -0.1) is 0 Å². The maximum atomic E-state index is 13.1. The first-order valence-corrected chi connectivity index (χ1v) is 13.3. The number of halogens is 1. The van der Waals surface area contributed by atoms with Crippen molar-refractivity contribution in [1.29, 1.82) is 0 Å².